The van der Waals surface area contributed by atoms with Gasteiger partial charge in [0, 0.05) is 43.3 Å². The minimum atomic E-state index is -0.248. The number of hydrogen-bond donors (Lipinski definition) is 3. The SMILES string of the molecule is CC(CCCO)NC(=O)Nc1cccc(-c2nccn2C)c1. The predicted octanol–water partition coefficient (Wildman–Crippen LogP) is 2.37. The van der Waals surface area contributed by atoms with Gasteiger partial charge < -0.3 is 20.3 Å². The summed E-state index contributed by atoms with van der Waals surface area (Å²) >= 11 is 0. The lowest BCUT2D eigenvalue weighted by molar-refractivity contribution is 0.245. The number of anilines is 1. The molecule has 1 atom stereocenters. The second-order valence-corrected chi connectivity index (χ2v) is 5.31. The molecular formula is C16H22N4O2. The van der Waals surface area contributed by atoms with Gasteiger partial charge in [0.15, 0.2) is 0 Å². The van der Waals surface area contributed by atoms with Crippen LogP contribution in [-0.4, -0.2) is 33.3 Å². The third-order valence-corrected chi connectivity index (χ3v) is 3.37. The van der Waals surface area contributed by atoms with Crippen LogP contribution in [0.1, 0.15) is 19.8 Å². The van der Waals surface area contributed by atoms with Gasteiger partial charge in [-0.15, -0.1) is 0 Å². The molecule has 6 nitrogen and oxygen atoms in total. The summed E-state index contributed by atoms with van der Waals surface area (Å²) < 4.78 is 1.93. The molecule has 0 radical (unpaired) electrons. The Kier molecular flexibility index (Phi) is 5.55. The van der Waals surface area contributed by atoms with Gasteiger partial charge in [-0.05, 0) is 31.9 Å². The first-order chi connectivity index (χ1) is 10.6. The Labute approximate surface area is 130 Å². The van der Waals surface area contributed by atoms with E-state index in [4.69, 9.17) is 5.11 Å². The molecule has 1 aromatic heterocycles. The molecule has 6 heteroatoms. The zero-order chi connectivity index (χ0) is 15.9. The number of rotatable bonds is 6. The quantitative estimate of drug-likeness (QED) is 0.766. The van der Waals surface area contributed by atoms with Crippen LogP contribution in [0.2, 0.25) is 0 Å². The number of urea groups is 1. The van der Waals surface area contributed by atoms with E-state index < -0.39 is 0 Å². The molecule has 0 aliphatic heterocycles. The second-order valence-electron chi connectivity index (χ2n) is 5.31. The summed E-state index contributed by atoms with van der Waals surface area (Å²) in [5.74, 6) is 0.848. The molecule has 22 heavy (non-hydrogen) atoms. The summed E-state index contributed by atoms with van der Waals surface area (Å²) in [4.78, 5) is 16.2. The van der Waals surface area contributed by atoms with Gasteiger partial charge in [-0.2, -0.15) is 0 Å². The van der Waals surface area contributed by atoms with Crippen molar-refractivity contribution in [3.8, 4) is 11.4 Å². The Bertz CT molecular complexity index is 624. The van der Waals surface area contributed by atoms with Crippen molar-refractivity contribution in [3.63, 3.8) is 0 Å². The average Bonchev–Trinajstić information content (AvgIpc) is 2.91. The molecule has 1 aromatic carbocycles. The fourth-order valence-corrected chi connectivity index (χ4v) is 2.24. The third-order valence-electron chi connectivity index (χ3n) is 3.37. The molecule has 0 saturated heterocycles. The Hall–Kier alpha value is -2.34. The Morgan fingerprint density at radius 3 is 2.95 bits per heavy atom. The summed E-state index contributed by atoms with van der Waals surface area (Å²) in [6.07, 6.45) is 5.04. The molecule has 0 saturated carbocycles. The summed E-state index contributed by atoms with van der Waals surface area (Å²) in [6, 6.07) is 7.33. The van der Waals surface area contributed by atoms with E-state index in [0.29, 0.717) is 12.1 Å². The highest BCUT2D eigenvalue weighted by molar-refractivity contribution is 5.90. The summed E-state index contributed by atoms with van der Waals surface area (Å²) in [5.41, 5.74) is 1.66. The Balaban J connectivity index is 1.99. The maximum Gasteiger partial charge on any atom is 0.319 e. The summed E-state index contributed by atoms with van der Waals surface area (Å²) in [5, 5.41) is 14.5. The highest BCUT2D eigenvalue weighted by atomic mass is 16.3. The van der Waals surface area contributed by atoms with Crippen molar-refractivity contribution in [1.29, 1.82) is 0 Å². The smallest absolute Gasteiger partial charge is 0.319 e. The molecule has 2 amide bonds. The number of aromatic nitrogens is 2. The predicted molar refractivity (Wildman–Crippen MR) is 86.6 cm³/mol. The van der Waals surface area contributed by atoms with Crippen LogP contribution >= 0.6 is 0 Å². The monoisotopic (exact) mass is 302 g/mol. The number of benzene rings is 1. The van der Waals surface area contributed by atoms with Crippen LogP contribution < -0.4 is 10.6 Å². The third kappa shape index (κ3) is 4.33. The molecular weight excluding hydrogens is 280 g/mol. The van der Waals surface area contributed by atoms with E-state index in [1.807, 2.05) is 49.0 Å². The zero-order valence-corrected chi connectivity index (χ0v) is 12.9. The molecule has 0 aliphatic carbocycles. The molecule has 0 spiro atoms. The highest BCUT2D eigenvalue weighted by Crippen LogP contribution is 2.20. The van der Waals surface area contributed by atoms with Crippen LogP contribution in [0, 0.1) is 0 Å². The van der Waals surface area contributed by atoms with Crippen molar-refractivity contribution in [2.75, 3.05) is 11.9 Å². The lowest BCUT2D eigenvalue weighted by Crippen LogP contribution is -2.36. The maximum atomic E-state index is 11.9. The molecule has 2 aromatic rings. The van der Waals surface area contributed by atoms with Crippen molar-refractivity contribution >= 4 is 11.7 Å². The number of aliphatic hydroxyl groups excluding tert-OH is 1. The first kappa shape index (κ1) is 16.0. The molecule has 1 heterocycles. The van der Waals surface area contributed by atoms with Crippen molar-refractivity contribution in [2.24, 2.45) is 7.05 Å². The normalized spacial score (nSPS) is 12.0. The lowest BCUT2D eigenvalue weighted by atomic mass is 10.2. The number of carbonyl (C=O) groups is 1. The number of hydrogen-bond acceptors (Lipinski definition) is 3. The summed E-state index contributed by atoms with van der Waals surface area (Å²) in [6.45, 7) is 2.05. The number of aryl methyl sites for hydroxylation is 1. The van der Waals surface area contributed by atoms with Gasteiger partial charge in [0.2, 0.25) is 0 Å². The Morgan fingerprint density at radius 1 is 1.45 bits per heavy atom. The largest absolute Gasteiger partial charge is 0.396 e. The van der Waals surface area contributed by atoms with Crippen LogP contribution in [0.5, 0.6) is 0 Å². The van der Waals surface area contributed by atoms with Gasteiger partial charge in [-0.3, -0.25) is 0 Å². The van der Waals surface area contributed by atoms with E-state index in [9.17, 15) is 4.79 Å². The van der Waals surface area contributed by atoms with E-state index >= 15 is 0 Å². The fraction of sp³-hybridized carbons (Fsp3) is 0.375. The first-order valence-electron chi connectivity index (χ1n) is 7.36. The minimum absolute atomic E-state index is 0.0184. The van der Waals surface area contributed by atoms with E-state index in [1.54, 1.807) is 6.20 Å². The highest BCUT2D eigenvalue weighted by Gasteiger charge is 2.09. The van der Waals surface area contributed by atoms with Gasteiger partial charge in [-0.25, -0.2) is 9.78 Å². The van der Waals surface area contributed by atoms with E-state index in [1.165, 1.54) is 0 Å². The van der Waals surface area contributed by atoms with Crippen molar-refractivity contribution in [1.82, 2.24) is 14.9 Å². The molecule has 1 unspecified atom stereocenters. The molecule has 0 aliphatic rings. The number of amides is 2. The van der Waals surface area contributed by atoms with Crippen LogP contribution in [0.15, 0.2) is 36.7 Å². The van der Waals surface area contributed by atoms with Gasteiger partial charge in [0.25, 0.3) is 0 Å². The fourth-order valence-electron chi connectivity index (χ4n) is 2.24. The number of imidazole rings is 1. The molecule has 3 N–H and O–H groups in total. The topological polar surface area (TPSA) is 79.2 Å². The van der Waals surface area contributed by atoms with Gasteiger partial charge in [-0.1, -0.05) is 12.1 Å². The van der Waals surface area contributed by atoms with Crippen LogP contribution in [0.25, 0.3) is 11.4 Å². The average molecular weight is 302 g/mol. The van der Waals surface area contributed by atoms with Gasteiger partial charge >= 0.3 is 6.03 Å². The number of nitrogens with one attached hydrogen (secondary N) is 2. The van der Waals surface area contributed by atoms with Crippen molar-refractivity contribution in [2.45, 2.75) is 25.8 Å². The van der Waals surface area contributed by atoms with Gasteiger partial charge in [0.1, 0.15) is 5.82 Å². The maximum absolute atomic E-state index is 11.9. The lowest BCUT2D eigenvalue weighted by Gasteiger charge is -2.14. The minimum Gasteiger partial charge on any atom is -0.396 e. The first-order valence-corrected chi connectivity index (χ1v) is 7.36. The van der Waals surface area contributed by atoms with Crippen molar-refractivity contribution in [3.05, 3.63) is 36.7 Å². The standard InChI is InChI=1S/C16H22N4O2/c1-12(5-4-10-21)18-16(22)19-14-7-3-6-13(11-14)15-17-8-9-20(15)2/h3,6-9,11-12,21H,4-5,10H2,1-2H3,(H2,18,19,22). The van der Waals surface area contributed by atoms with E-state index in [0.717, 1.165) is 17.8 Å². The van der Waals surface area contributed by atoms with Crippen LogP contribution in [0.4, 0.5) is 10.5 Å². The van der Waals surface area contributed by atoms with Crippen molar-refractivity contribution < 1.29 is 9.90 Å². The zero-order valence-electron chi connectivity index (χ0n) is 12.9. The Morgan fingerprint density at radius 2 is 2.27 bits per heavy atom. The van der Waals surface area contributed by atoms with Crippen LogP contribution in [-0.2, 0) is 7.05 Å². The van der Waals surface area contributed by atoms with E-state index in [-0.39, 0.29) is 18.7 Å². The molecule has 2 rings (SSSR count). The molecule has 0 fully saturated rings. The molecule has 0 bridgehead atoms. The van der Waals surface area contributed by atoms with E-state index in [2.05, 4.69) is 15.6 Å². The second kappa shape index (κ2) is 7.61. The van der Waals surface area contributed by atoms with Gasteiger partial charge in [0.05, 0.1) is 0 Å². The number of nitrogens with zero attached hydrogens (tertiary/aromatic N) is 2. The summed E-state index contributed by atoms with van der Waals surface area (Å²) in [7, 11) is 1.93. The van der Waals surface area contributed by atoms with Crippen LogP contribution in [0.3, 0.4) is 0 Å². The number of aliphatic hydroxyl groups is 1. The number of carbonyl (C=O) groups excluding carboxylic acids is 1. The molecule has 118 valence electrons.